The van der Waals surface area contributed by atoms with E-state index in [1.807, 2.05) is 24.7 Å². The Bertz CT molecular complexity index is 286. The minimum atomic E-state index is 0.773. The molecule has 0 aliphatic heterocycles. The van der Waals surface area contributed by atoms with Gasteiger partial charge >= 0.3 is 0 Å². The monoisotopic (exact) mass is 206 g/mol. The van der Waals surface area contributed by atoms with Gasteiger partial charge in [-0.15, -0.1) is 5.10 Å². The fraction of sp³-hybridized carbons (Fsp3) is 0.455. The molecule has 0 unspecified atom stereocenters. The first-order valence-electron chi connectivity index (χ1n) is 5.15. The molecule has 4 heteroatoms. The van der Waals surface area contributed by atoms with Gasteiger partial charge in [-0.25, -0.2) is 4.68 Å². The molecule has 0 radical (unpaired) electrons. The Hall–Kier alpha value is -1.42. The van der Waals surface area contributed by atoms with Crippen LogP contribution in [0.25, 0.3) is 0 Å². The molecule has 0 aliphatic rings. The molecule has 82 valence electrons. The predicted octanol–water partition coefficient (Wildman–Crippen LogP) is 1.69. The van der Waals surface area contributed by atoms with Crippen molar-refractivity contribution in [3.63, 3.8) is 0 Å². The zero-order chi connectivity index (χ0) is 10.9. The van der Waals surface area contributed by atoms with Crippen LogP contribution in [0.1, 0.15) is 13.8 Å². The van der Waals surface area contributed by atoms with Crippen molar-refractivity contribution in [2.75, 3.05) is 13.1 Å². The van der Waals surface area contributed by atoms with E-state index in [1.165, 1.54) is 0 Å². The topological polar surface area (TPSA) is 34.0 Å². The van der Waals surface area contributed by atoms with E-state index in [1.54, 1.807) is 6.20 Å². The lowest BCUT2D eigenvalue weighted by molar-refractivity contribution is 0.249. The van der Waals surface area contributed by atoms with Gasteiger partial charge in [-0.05, 0) is 13.8 Å². The van der Waals surface area contributed by atoms with Crippen molar-refractivity contribution in [1.82, 2.24) is 19.9 Å². The summed E-state index contributed by atoms with van der Waals surface area (Å²) in [6.07, 6.45) is 12.0. The van der Waals surface area contributed by atoms with E-state index in [9.17, 15) is 0 Å². The lowest BCUT2D eigenvalue weighted by Gasteiger charge is -2.18. The van der Waals surface area contributed by atoms with Gasteiger partial charge in [0, 0.05) is 19.3 Å². The van der Waals surface area contributed by atoms with Crippen LogP contribution in [0.15, 0.2) is 36.7 Å². The zero-order valence-corrected chi connectivity index (χ0v) is 9.37. The predicted molar refractivity (Wildman–Crippen MR) is 61.2 cm³/mol. The first-order chi connectivity index (χ1) is 7.36. The van der Waals surface area contributed by atoms with E-state index in [-0.39, 0.29) is 0 Å². The second kappa shape index (κ2) is 6.95. The summed E-state index contributed by atoms with van der Waals surface area (Å²) < 4.78 is 1.83. The van der Waals surface area contributed by atoms with Crippen LogP contribution in [0.4, 0.5) is 0 Å². The van der Waals surface area contributed by atoms with Crippen LogP contribution < -0.4 is 0 Å². The summed E-state index contributed by atoms with van der Waals surface area (Å²) in [5.41, 5.74) is 0. The quantitative estimate of drug-likeness (QED) is 0.664. The Balaban J connectivity index is 2.47. The van der Waals surface area contributed by atoms with E-state index < -0.39 is 0 Å². The Morgan fingerprint density at radius 1 is 1.20 bits per heavy atom. The fourth-order valence-corrected chi connectivity index (χ4v) is 1.21. The molecule has 1 heterocycles. The van der Waals surface area contributed by atoms with Crippen molar-refractivity contribution < 1.29 is 0 Å². The van der Waals surface area contributed by atoms with Crippen molar-refractivity contribution in [3.05, 3.63) is 36.7 Å². The Morgan fingerprint density at radius 3 is 2.33 bits per heavy atom. The molecule has 0 amide bonds. The molecule has 0 N–H and O–H groups in total. The molecule has 0 saturated heterocycles. The normalized spacial score (nSPS) is 12.2. The van der Waals surface area contributed by atoms with Crippen LogP contribution in [0.2, 0.25) is 0 Å². The number of hydrogen-bond acceptors (Lipinski definition) is 3. The van der Waals surface area contributed by atoms with E-state index in [4.69, 9.17) is 0 Å². The van der Waals surface area contributed by atoms with Gasteiger partial charge in [-0.3, -0.25) is 4.90 Å². The molecular weight excluding hydrogens is 188 g/mol. The van der Waals surface area contributed by atoms with Gasteiger partial charge in [-0.1, -0.05) is 29.5 Å². The number of hydrogen-bond donors (Lipinski definition) is 0. The highest BCUT2D eigenvalue weighted by Crippen LogP contribution is 1.94. The summed E-state index contributed by atoms with van der Waals surface area (Å²) in [5.74, 6) is 0. The molecule has 0 aromatic carbocycles. The summed E-state index contributed by atoms with van der Waals surface area (Å²) in [5, 5.41) is 7.74. The zero-order valence-electron chi connectivity index (χ0n) is 9.37. The number of aromatic nitrogens is 3. The smallest absolute Gasteiger partial charge is 0.0951 e. The maximum absolute atomic E-state index is 3.95. The largest absolute Gasteiger partial charge is 0.277 e. The van der Waals surface area contributed by atoms with Crippen molar-refractivity contribution in [1.29, 1.82) is 0 Å². The van der Waals surface area contributed by atoms with E-state index in [0.717, 1.165) is 19.8 Å². The minimum absolute atomic E-state index is 0.773. The molecule has 0 atom stereocenters. The average Bonchev–Trinajstić information content (AvgIpc) is 2.74. The van der Waals surface area contributed by atoms with Crippen LogP contribution in [-0.4, -0.2) is 33.0 Å². The van der Waals surface area contributed by atoms with E-state index in [2.05, 4.69) is 39.5 Å². The number of nitrogens with zero attached hydrogens (tertiary/aromatic N) is 4. The third-order valence-electron chi connectivity index (χ3n) is 2.02. The summed E-state index contributed by atoms with van der Waals surface area (Å²) in [7, 11) is 0. The van der Waals surface area contributed by atoms with E-state index >= 15 is 0 Å². The first kappa shape index (κ1) is 11.7. The first-order valence-corrected chi connectivity index (χ1v) is 5.15. The molecule has 0 spiro atoms. The Labute approximate surface area is 90.9 Å². The van der Waals surface area contributed by atoms with Crippen molar-refractivity contribution >= 4 is 0 Å². The molecule has 0 bridgehead atoms. The fourth-order valence-electron chi connectivity index (χ4n) is 1.21. The number of allylic oxidation sites excluding steroid dienone is 2. The third kappa shape index (κ3) is 4.56. The SMILES string of the molecule is C/C=C/CN(C/C=C/C)Cn1ccnn1. The van der Waals surface area contributed by atoms with Gasteiger partial charge in [0.25, 0.3) is 0 Å². The maximum atomic E-state index is 3.95. The van der Waals surface area contributed by atoms with Gasteiger partial charge in [0.05, 0.1) is 12.9 Å². The Morgan fingerprint density at radius 2 is 1.87 bits per heavy atom. The van der Waals surface area contributed by atoms with Crippen LogP contribution >= 0.6 is 0 Å². The van der Waals surface area contributed by atoms with Crippen LogP contribution in [0, 0.1) is 0 Å². The summed E-state index contributed by atoms with van der Waals surface area (Å²) in [6.45, 7) is 6.70. The highest BCUT2D eigenvalue weighted by atomic mass is 15.5. The molecule has 1 aromatic rings. The minimum Gasteiger partial charge on any atom is -0.277 e. The van der Waals surface area contributed by atoms with Gasteiger partial charge < -0.3 is 0 Å². The van der Waals surface area contributed by atoms with Crippen molar-refractivity contribution in [2.24, 2.45) is 0 Å². The lowest BCUT2D eigenvalue weighted by Crippen LogP contribution is -2.27. The molecular formula is C11H18N4. The van der Waals surface area contributed by atoms with Crippen molar-refractivity contribution in [2.45, 2.75) is 20.5 Å². The Kier molecular flexibility index (Phi) is 5.40. The number of rotatable bonds is 6. The molecule has 1 aromatic heterocycles. The van der Waals surface area contributed by atoms with Crippen LogP contribution in [0.3, 0.4) is 0 Å². The van der Waals surface area contributed by atoms with Crippen LogP contribution in [-0.2, 0) is 6.67 Å². The summed E-state index contributed by atoms with van der Waals surface area (Å²) in [4.78, 5) is 2.27. The lowest BCUT2D eigenvalue weighted by atomic mass is 10.4. The highest BCUT2D eigenvalue weighted by Gasteiger charge is 2.01. The molecule has 0 saturated carbocycles. The summed E-state index contributed by atoms with van der Waals surface area (Å²) >= 11 is 0. The average molecular weight is 206 g/mol. The second-order valence-electron chi connectivity index (χ2n) is 3.26. The van der Waals surface area contributed by atoms with Gasteiger partial charge in [0.15, 0.2) is 0 Å². The van der Waals surface area contributed by atoms with Crippen molar-refractivity contribution in [3.8, 4) is 0 Å². The van der Waals surface area contributed by atoms with E-state index in [0.29, 0.717) is 0 Å². The maximum Gasteiger partial charge on any atom is 0.0951 e. The standard InChI is InChI=1S/C11H18N4/c1-3-5-8-14(9-6-4-2)11-15-10-7-12-13-15/h3-7,10H,8-9,11H2,1-2H3/b5-3+,6-4+. The molecule has 15 heavy (non-hydrogen) atoms. The highest BCUT2D eigenvalue weighted by molar-refractivity contribution is 4.86. The van der Waals surface area contributed by atoms with Gasteiger partial charge in [0.2, 0.25) is 0 Å². The molecule has 4 nitrogen and oxygen atoms in total. The molecule has 0 fully saturated rings. The molecule has 1 rings (SSSR count). The van der Waals surface area contributed by atoms with Gasteiger partial charge in [0.1, 0.15) is 0 Å². The third-order valence-corrected chi connectivity index (χ3v) is 2.02. The molecule has 0 aliphatic carbocycles. The second-order valence-corrected chi connectivity index (χ2v) is 3.26. The summed E-state index contributed by atoms with van der Waals surface area (Å²) in [6, 6.07) is 0. The van der Waals surface area contributed by atoms with Crippen LogP contribution in [0.5, 0.6) is 0 Å². The van der Waals surface area contributed by atoms with Gasteiger partial charge in [-0.2, -0.15) is 0 Å².